The van der Waals surface area contributed by atoms with E-state index >= 15 is 0 Å². The van der Waals surface area contributed by atoms with Crippen molar-refractivity contribution in [2.45, 2.75) is 18.8 Å². The molecule has 0 amide bonds. The molecule has 1 aliphatic carbocycles. The van der Waals surface area contributed by atoms with E-state index in [4.69, 9.17) is 5.11 Å². The van der Waals surface area contributed by atoms with Crippen molar-refractivity contribution in [3.05, 3.63) is 33.5 Å². The highest BCUT2D eigenvalue weighted by atomic mass is 32.1. The molecule has 1 saturated carbocycles. The Hall–Kier alpha value is -1.95. The molecule has 3 rings (SSSR count). The van der Waals surface area contributed by atoms with Crippen LogP contribution in [0, 0.1) is 0 Å². The first-order valence-corrected chi connectivity index (χ1v) is 6.86. The van der Waals surface area contributed by atoms with Gasteiger partial charge in [0.2, 0.25) is 0 Å². The van der Waals surface area contributed by atoms with Gasteiger partial charge >= 0.3 is 5.97 Å². The normalized spacial score (nSPS) is 15.2. The van der Waals surface area contributed by atoms with Gasteiger partial charge in [-0.3, -0.25) is 4.68 Å². The van der Waals surface area contributed by atoms with Crippen LogP contribution >= 0.6 is 11.3 Å². The molecule has 0 unspecified atom stereocenters. The van der Waals surface area contributed by atoms with Crippen molar-refractivity contribution in [3.8, 4) is 0 Å². The van der Waals surface area contributed by atoms with Gasteiger partial charge in [0, 0.05) is 12.6 Å². The Kier molecular flexibility index (Phi) is 2.94. The van der Waals surface area contributed by atoms with Crippen LogP contribution in [0.2, 0.25) is 0 Å². The molecule has 0 aliphatic heterocycles. The molecule has 0 radical (unpaired) electrons. The van der Waals surface area contributed by atoms with Crippen LogP contribution in [0.25, 0.3) is 12.2 Å². The van der Waals surface area contributed by atoms with Gasteiger partial charge in [0.05, 0.1) is 18.1 Å². The number of aromatic nitrogens is 3. The van der Waals surface area contributed by atoms with E-state index in [2.05, 4.69) is 10.1 Å². The highest BCUT2D eigenvalue weighted by molar-refractivity contribution is 7.14. The standard InChI is InChI=1S/C13H13N3O2S/c1-16-10(9(6-15-16)8-2-3-8)4-5-12-14-7-11(19-12)13(17)18/h4-8H,2-3H2,1H3,(H,17,18). The van der Waals surface area contributed by atoms with Gasteiger partial charge in [-0.15, -0.1) is 11.3 Å². The first-order chi connectivity index (χ1) is 9.15. The van der Waals surface area contributed by atoms with Crippen LogP contribution < -0.4 is 0 Å². The number of carboxylic acids is 1. The summed E-state index contributed by atoms with van der Waals surface area (Å²) in [4.78, 5) is 15.1. The maximum atomic E-state index is 10.8. The summed E-state index contributed by atoms with van der Waals surface area (Å²) >= 11 is 1.17. The number of nitrogens with zero attached hydrogens (tertiary/aromatic N) is 3. The quantitative estimate of drug-likeness (QED) is 0.931. The molecule has 1 N–H and O–H groups in total. The van der Waals surface area contributed by atoms with Crippen molar-refractivity contribution < 1.29 is 9.90 Å². The number of hydrogen-bond acceptors (Lipinski definition) is 4. The maximum Gasteiger partial charge on any atom is 0.347 e. The predicted octanol–water partition coefficient (Wildman–Crippen LogP) is 2.62. The van der Waals surface area contributed by atoms with Gasteiger partial charge < -0.3 is 5.11 Å². The van der Waals surface area contributed by atoms with Crippen LogP contribution in [0.1, 0.15) is 44.7 Å². The Morgan fingerprint density at radius 3 is 2.89 bits per heavy atom. The van der Waals surface area contributed by atoms with E-state index in [1.165, 1.54) is 35.9 Å². The van der Waals surface area contributed by atoms with Crippen molar-refractivity contribution in [2.75, 3.05) is 0 Å². The van der Waals surface area contributed by atoms with Gasteiger partial charge in [0.1, 0.15) is 9.88 Å². The second-order valence-corrected chi connectivity index (χ2v) is 5.65. The third kappa shape index (κ3) is 2.44. The zero-order valence-corrected chi connectivity index (χ0v) is 11.2. The lowest BCUT2D eigenvalue weighted by Gasteiger charge is -1.98. The summed E-state index contributed by atoms with van der Waals surface area (Å²) in [5, 5.41) is 13.8. The molecule has 5 nitrogen and oxygen atoms in total. The van der Waals surface area contributed by atoms with Crippen molar-refractivity contribution in [2.24, 2.45) is 7.05 Å². The average Bonchev–Trinajstić information content (AvgIpc) is 2.98. The Morgan fingerprint density at radius 1 is 1.47 bits per heavy atom. The van der Waals surface area contributed by atoms with E-state index in [1.54, 1.807) is 0 Å². The van der Waals surface area contributed by atoms with Gasteiger partial charge in [0.25, 0.3) is 0 Å². The minimum atomic E-state index is -0.934. The zero-order valence-electron chi connectivity index (χ0n) is 10.4. The Morgan fingerprint density at radius 2 is 2.26 bits per heavy atom. The number of carboxylic acid groups (broad SMARTS) is 1. The lowest BCUT2D eigenvalue weighted by Crippen LogP contribution is -1.94. The molecule has 1 aliphatic rings. The van der Waals surface area contributed by atoms with Crippen LogP contribution in [0.3, 0.4) is 0 Å². The van der Waals surface area contributed by atoms with Gasteiger partial charge in [-0.25, -0.2) is 9.78 Å². The Bertz CT molecular complexity index is 653. The fourth-order valence-corrected chi connectivity index (χ4v) is 2.65. The van der Waals surface area contributed by atoms with Crippen molar-refractivity contribution in [3.63, 3.8) is 0 Å². The molecule has 2 heterocycles. The van der Waals surface area contributed by atoms with Crippen molar-refractivity contribution >= 4 is 29.5 Å². The summed E-state index contributed by atoms with van der Waals surface area (Å²) in [7, 11) is 1.91. The van der Waals surface area contributed by atoms with Crippen molar-refractivity contribution in [1.29, 1.82) is 0 Å². The van der Waals surface area contributed by atoms with E-state index in [0.717, 1.165) is 5.69 Å². The average molecular weight is 275 g/mol. The fraction of sp³-hybridized carbons (Fsp3) is 0.308. The molecule has 0 atom stereocenters. The molecule has 0 bridgehead atoms. The van der Waals surface area contributed by atoms with E-state index in [9.17, 15) is 4.79 Å². The van der Waals surface area contributed by atoms with Crippen LogP contribution in [-0.4, -0.2) is 25.8 Å². The molecule has 0 saturated heterocycles. The highest BCUT2D eigenvalue weighted by Crippen LogP contribution is 2.41. The summed E-state index contributed by atoms with van der Waals surface area (Å²) in [5.41, 5.74) is 2.35. The van der Waals surface area contributed by atoms with Crippen LogP contribution in [0.4, 0.5) is 0 Å². The lowest BCUT2D eigenvalue weighted by atomic mass is 10.1. The molecule has 0 spiro atoms. The van der Waals surface area contributed by atoms with Crippen LogP contribution in [-0.2, 0) is 7.05 Å². The summed E-state index contributed by atoms with van der Waals surface area (Å²) < 4.78 is 1.84. The highest BCUT2D eigenvalue weighted by Gasteiger charge is 2.27. The zero-order chi connectivity index (χ0) is 13.4. The first kappa shape index (κ1) is 12.1. The number of thiazole rings is 1. The van der Waals surface area contributed by atoms with Gasteiger partial charge in [0.15, 0.2) is 0 Å². The summed E-state index contributed by atoms with van der Waals surface area (Å²) in [6, 6.07) is 0. The third-order valence-electron chi connectivity index (χ3n) is 3.15. The molecular formula is C13H13N3O2S. The number of aryl methyl sites for hydroxylation is 1. The van der Waals surface area contributed by atoms with E-state index in [1.807, 2.05) is 30.1 Å². The molecule has 1 fully saturated rings. The molecule has 98 valence electrons. The smallest absolute Gasteiger partial charge is 0.347 e. The van der Waals surface area contributed by atoms with E-state index in [-0.39, 0.29) is 4.88 Å². The monoisotopic (exact) mass is 275 g/mol. The minimum absolute atomic E-state index is 0.257. The fourth-order valence-electron chi connectivity index (χ4n) is 1.99. The van der Waals surface area contributed by atoms with E-state index in [0.29, 0.717) is 10.9 Å². The molecular weight excluding hydrogens is 262 g/mol. The number of carbonyl (C=O) groups is 1. The second-order valence-electron chi connectivity index (χ2n) is 4.58. The first-order valence-electron chi connectivity index (χ1n) is 6.04. The predicted molar refractivity (Wildman–Crippen MR) is 73.2 cm³/mol. The van der Waals surface area contributed by atoms with Crippen LogP contribution in [0.5, 0.6) is 0 Å². The maximum absolute atomic E-state index is 10.8. The lowest BCUT2D eigenvalue weighted by molar-refractivity contribution is 0.0702. The number of rotatable bonds is 4. The third-order valence-corrected chi connectivity index (χ3v) is 4.10. The molecule has 0 aromatic carbocycles. The van der Waals surface area contributed by atoms with Crippen LogP contribution in [0.15, 0.2) is 12.4 Å². The van der Waals surface area contributed by atoms with Crippen molar-refractivity contribution in [1.82, 2.24) is 14.8 Å². The SMILES string of the molecule is Cn1ncc(C2CC2)c1C=Cc1ncc(C(=O)O)s1. The van der Waals surface area contributed by atoms with Gasteiger partial charge in [-0.05, 0) is 30.9 Å². The summed E-state index contributed by atoms with van der Waals surface area (Å²) in [5.74, 6) is -0.296. The summed E-state index contributed by atoms with van der Waals surface area (Å²) in [6.07, 6.45) is 9.57. The van der Waals surface area contributed by atoms with E-state index < -0.39 is 5.97 Å². The van der Waals surface area contributed by atoms with Gasteiger partial charge in [-0.1, -0.05) is 0 Å². The molecule has 6 heteroatoms. The topological polar surface area (TPSA) is 68.0 Å². The molecule has 19 heavy (non-hydrogen) atoms. The molecule has 2 aromatic rings. The summed E-state index contributed by atoms with van der Waals surface area (Å²) in [6.45, 7) is 0. The number of aromatic carboxylic acids is 1. The molecule has 2 aromatic heterocycles. The Balaban J connectivity index is 1.85. The largest absolute Gasteiger partial charge is 0.477 e. The Labute approximate surface area is 114 Å². The van der Waals surface area contributed by atoms with Gasteiger partial charge in [-0.2, -0.15) is 5.10 Å². The second kappa shape index (κ2) is 4.62. The number of hydrogen-bond donors (Lipinski definition) is 1. The minimum Gasteiger partial charge on any atom is -0.477 e.